The van der Waals surface area contributed by atoms with Crippen molar-refractivity contribution in [2.45, 2.75) is 13.0 Å². The lowest BCUT2D eigenvalue weighted by Gasteiger charge is -2.13. The first kappa shape index (κ1) is 13.6. The van der Waals surface area contributed by atoms with Crippen LogP contribution in [0.5, 0.6) is 0 Å². The fourth-order valence-corrected chi connectivity index (χ4v) is 1.73. The number of hydrazone groups is 1. The largest absolute Gasteiger partial charge is 0.480 e. The maximum Gasteiger partial charge on any atom is 0.320 e. The van der Waals surface area contributed by atoms with Gasteiger partial charge in [0, 0.05) is 11.8 Å². The van der Waals surface area contributed by atoms with Gasteiger partial charge in [-0.25, -0.2) is 5.43 Å². The van der Waals surface area contributed by atoms with Crippen molar-refractivity contribution in [1.82, 2.24) is 5.43 Å². The number of nitrogens with zero attached hydrogens (tertiary/aromatic N) is 3. The van der Waals surface area contributed by atoms with Gasteiger partial charge in [0.05, 0.1) is 11.4 Å². The highest BCUT2D eigenvalue weighted by atomic mass is 16.4. The van der Waals surface area contributed by atoms with Gasteiger partial charge in [-0.1, -0.05) is 0 Å². The van der Waals surface area contributed by atoms with Crippen LogP contribution >= 0.6 is 0 Å². The number of carboxylic acids is 1. The summed E-state index contributed by atoms with van der Waals surface area (Å²) in [6.07, 6.45) is 2.26. The number of hydrogen-bond donors (Lipinski definition) is 3. The second-order valence-electron chi connectivity index (χ2n) is 4.23. The van der Waals surface area contributed by atoms with Crippen LogP contribution in [-0.2, 0) is 14.4 Å². The molecule has 0 radical (unpaired) electrons. The molecule has 2 rings (SSSR count). The summed E-state index contributed by atoms with van der Waals surface area (Å²) in [5.74, 6) is -3.83. The Bertz CT molecular complexity index is 616. The summed E-state index contributed by atoms with van der Waals surface area (Å²) < 4.78 is 0. The minimum atomic E-state index is -1.40. The number of rotatable bonds is 3. The van der Waals surface area contributed by atoms with Gasteiger partial charge >= 0.3 is 5.97 Å². The number of amides is 1. The van der Waals surface area contributed by atoms with Crippen LogP contribution in [0.15, 0.2) is 38.9 Å². The number of nitrogens with one attached hydrogen (secondary N) is 1. The smallest absolute Gasteiger partial charge is 0.320 e. The lowest BCUT2D eigenvalue weighted by atomic mass is 9.95. The molecule has 104 valence electrons. The normalized spacial score (nSPS) is 26.1. The van der Waals surface area contributed by atoms with Crippen LogP contribution in [0.4, 0.5) is 0 Å². The summed E-state index contributed by atoms with van der Waals surface area (Å²) in [5.41, 5.74) is 8.17. The van der Waals surface area contributed by atoms with Crippen LogP contribution in [0.25, 0.3) is 0 Å². The van der Waals surface area contributed by atoms with E-state index in [4.69, 9.17) is 10.8 Å². The third kappa shape index (κ3) is 2.46. The van der Waals surface area contributed by atoms with Gasteiger partial charge in [-0.05, 0) is 13.0 Å². The van der Waals surface area contributed by atoms with E-state index in [0.29, 0.717) is 5.71 Å². The van der Waals surface area contributed by atoms with Gasteiger partial charge in [0.2, 0.25) is 0 Å². The van der Waals surface area contributed by atoms with Crippen LogP contribution < -0.4 is 11.2 Å². The highest BCUT2D eigenvalue weighted by Gasteiger charge is 2.31. The molecule has 4 N–H and O–H groups in total. The van der Waals surface area contributed by atoms with Crippen molar-refractivity contribution in [2.75, 3.05) is 0 Å². The summed E-state index contributed by atoms with van der Waals surface area (Å²) in [5, 5.41) is 20.0. The predicted octanol–water partition coefficient (Wildman–Crippen LogP) is -0.677. The quantitative estimate of drug-likeness (QED) is 0.462. The van der Waals surface area contributed by atoms with Crippen LogP contribution in [0.2, 0.25) is 0 Å². The van der Waals surface area contributed by atoms with Crippen molar-refractivity contribution in [1.29, 1.82) is 0 Å². The first-order chi connectivity index (χ1) is 9.40. The number of azo groups is 1. The summed E-state index contributed by atoms with van der Waals surface area (Å²) in [7, 11) is 0. The van der Waals surface area contributed by atoms with Gasteiger partial charge < -0.3 is 10.8 Å². The van der Waals surface area contributed by atoms with E-state index in [2.05, 4.69) is 20.8 Å². The first-order valence-electron chi connectivity index (χ1n) is 5.60. The molecule has 2 aliphatic rings. The van der Waals surface area contributed by atoms with Crippen LogP contribution in [0.3, 0.4) is 0 Å². The Morgan fingerprint density at radius 3 is 2.65 bits per heavy atom. The van der Waals surface area contributed by atoms with E-state index in [1.54, 1.807) is 6.92 Å². The molecule has 0 aromatic carbocycles. The van der Waals surface area contributed by atoms with Crippen LogP contribution in [-0.4, -0.2) is 34.5 Å². The Balaban J connectivity index is 2.18. The van der Waals surface area contributed by atoms with Gasteiger partial charge in [-0.3, -0.25) is 14.4 Å². The molecule has 1 aliphatic carbocycles. The molecule has 0 saturated heterocycles. The highest BCUT2D eigenvalue weighted by molar-refractivity contribution is 6.11. The molecular formula is C11H11N5O4. The van der Waals surface area contributed by atoms with Crippen molar-refractivity contribution in [3.63, 3.8) is 0 Å². The Morgan fingerprint density at radius 2 is 2.15 bits per heavy atom. The molecule has 1 amide bonds. The van der Waals surface area contributed by atoms with Gasteiger partial charge in [0.1, 0.15) is 0 Å². The molecule has 1 aliphatic heterocycles. The fourth-order valence-electron chi connectivity index (χ4n) is 1.73. The lowest BCUT2D eigenvalue weighted by Crippen LogP contribution is -2.30. The third-order valence-electron chi connectivity index (χ3n) is 2.74. The maximum atomic E-state index is 11.6. The van der Waals surface area contributed by atoms with E-state index in [1.165, 1.54) is 6.08 Å². The Labute approximate surface area is 112 Å². The van der Waals surface area contributed by atoms with Crippen molar-refractivity contribution in [3.05, 3.63) is 23.5 Å². The summed E-state index contributed by atoms with van der Waals surface area (Å²) in [6.45, 7) is 1.60. The van der Waals surface area contributed by atoms with E-state index in [-0.39, 0.29) is 11.4 Å². The summed E-state index contributed by atoms with van der Waals surface area (Å²) in [6, 6.07) is -0.849. The van der Waals surface area contributed by atoms with Crippen LogP contribution in [0.1, 0.15) is 6.92 Å². The van der Waals surface area contributed by atoms with Crippen molar-refractivity contribution in [3.8, 4) is 0 Å². The second-order valence-corrected chi connectivity index (χ2v) is 4.23. The monoisotopic (exact) mass is 277 g/mol. The number of hydrogen-bond acceptors (Lipinski definition) is 7. The first-order valence-corrected chi connectivity index (χ1v) is 5.60. The number of carbonyl (C=O) groups excluding carboxylic acids is 2. The SMILES string of the molecule is CC1=NNC(=O)C1N=NC1=CC(=O)C(C(=O)O)C(N)=C1. The molecule has 20 heavy (non-hydrogen) atoms. The zero-order valence-electron chi connectivity index (χ0n) is 10.4. The molecule has 9 nitrogen and oxygen atoms in total. The summed E-state index contributed by atoms with van der Waals surface area (Å²) >= 11 is 0. The van der Waals surface area contributed by atoms with Gasteiger partial charge in [0.25, 0.3) is 5.91 Å². The molecule has 0 aromatic heterocycles. The van der Waals surface area contributed by atoms with E-state index < -0.39 is 29.6 Å². The van der Waals surface area contributed by atoms with E-state index in [9.17, 15) is 14.4 Å². The van der Waals surface area contributed by atoms with E-state index in [0.717, 1.165) is 6.08 Å². The topological polar surface area (TPSA) is 147 Å². The molecule has 0 spiro atoms. The van der Waals surface area contributed by atoms with Gasteiger partial charge in [-0.2, -0.15) is 15.3 Å². The predicted molar refractivity (Wildman–Crippen MR) is 66.4 cm³/mol. The number of aliphatic carboxylic acids is 1. The Hall–Kier alpha value is -2.84. The average Bonchev–Trinajstić information content (AvgIpc) is 2.65. The number of ketones is 1. The van der Waals surface area contributed by atoms with Crippen molar-refractivity contribution in [2.24, 2.45) is 27.0 Å². The zero-order chi connectivity index (χ0) is 14.9. The fraction of sp³-hybridized carbons (Fsp3) is 0.273. The molecule has 9 heteroatoms. The maximum absolute atomic E-state index is 11.6. The second kappa shape index (κ2) is 5.03. The van der Waals surface area contributed by atoms with Crippen molar-refractivity contribution >= 4 is 23.4 Å². The summed E-state index contributed by atoms with van der Waals surface area (Å²) in [4.78, 5) is 33.8. The van der Waals surface area contributed by atoms with E-state index >= 15 is 0 Å². The molecule has 0 aromatic rings. The minimum absolute atomic E-state index is 0.0949. The molecular weight excluding hydrogens is 266 g/mol. The lowest BCUT2D eigenvalue weighted by molar-refractivity contribution is -0.143. The van der Waals surface area contributed by atoms with Gasteiger partial charge in [0.15, 0.2) is 17.7 Å². The third-order valence-corrected chi connectivity index (χ3v) is 2.74. The van der Waals surface area contributed by atoms with Crippen LogP contribution in [0, 0.1) is 5.92 Å². The Morgan fingerprint density at radius 1 is 1.45 bits per heavy atom. The molecule has 1 heterocycles. The molecule has 0 saturated carbocycles. The average molecular weight is 277 g/mol. The molecule has 0 fully saturated rings. The molecule has 2 unspecified atom stereocenters. The molecule has 0 bridgehead atoms. The van der Waals surface area contributed by atoms with Crippen molar-refractivity contribution < 1.29 is 19.5 Å². The highest BCUT2D eigenvalue weighted by Crippen LogP contribution is 2.19. The number of carboxylic acid groups (broad SMARTS) is 1. The number of allylic oxidation sites excluding steroid dienone is 2. The molecule has 2 atom stereocenters. The number of nitrogens with two attached hydrogens (primary N) is 1. The van der Waals surface area contributed by atoms with E-state index in [1.807, 2.05) is 0 Å². The zero-order valence-corrected chi connectivity index (χ0v) is 10.4. The van der Waals surface area contributed by atoms with Gasteiger partial charge in [-0.15, -0.1) is 0 Å². The minimum Gasteiger partial charge on any atom is -0.480 e. The standard InChI is InChI=1S/C11H11N5O4/c1-4-9(10(18)16-13-4)15-14-5-2-6(12)8(11(19)20)7(17)3-5/h2-3,8-9H,12H2,1H3,(H,16,18)(H,19,20). The Kier molecular flexibility index (Phi) is 3.42. The number of carbonyl (C=O) groups is 3.